The zero-order valence-electron chi connectivity index (χ0n) is 10.2. The van der Waals surface area contributed by atoms with Gasteiger partial charge in [-0.3, -0.25) is 0 Å². The molecule has 19 heavy (non-hydrogen) atoms. The van der Waals surface area contributed by atoms with E-state index in [1.807, 2.05) is 12.1 Å². The largest absolute Gasteiger partial charge is 0.224 e. The second-order valence-corrected chi connectivity index (χ2v) is 5.62. The van der Waals surface area contributed by atoms with Crippen molar-refractivity contribution in [2.24, 2.45) is 0 Å². The van der Waals surface area contributed by atoms with Gasteiger partial charge >= 0.3 is 0 Å². The molecule has 0 aliphatic carbocycles. The summed E-state index contributed by atoms with van der Waals surface area (Å²) in [6, 6.07) is 8.68. The van der Waals surface area contributed by atoms with Crippen molar-refractivity contribution in [1.29, 1.82) is 0 Å². The number of nitrogens with zero attached hydrogens (tertiary/aromatic N) is 2. The maximum atomic E-state index is 13.8. The summed E-state index contributed by atoms with van der Waals surface area (Å²) >= 11 is 7.71. The van der Waals surface area contributed by atoms with Crippen molar-refractivity contribution in [3.8, 4) is 10.7 Å². The second-order valence-electron chi connectivity index (χ2n) is 4.09. The molecule has 2 heterocycles. The zero-order valence-corrected chi connectivity index (χ0v) is 11.7. The van der Waals surface area contributed by atoms with Gasteiger partial charge in [0.1, 0.15) is 16.5 Å². The average molecular weight is 293 g/mol. The molecule has 0 fully saturated rings. The van der Waals surface area contributed by atoms with E-state index in [2.05, 4.69) is 16.9 Å². The molecular weight excluding hydrogens is 283 g/mol. The number of halogens is 2. The van der Waals surface area contributed by atoms with Crippen molar-refractivity contribution in [2.75, 3.05) is 0 Å². The van der Waals surface area contributed by atoms with Gasteiger partial charge in [-0.15, -0.1) is 11.3 Å². The number of hydrogen-bond donors (Lipinski definition) is 0. The number of rotatable bonds is 2. The molecule has 0 aliphatic heterocycles. The minimum absolute atomic E-state index is 0.268. The molecule has 1 aromatic carbocycles. The van der Waals surface area contributed by atoms with Gasteiger partial charge in [0.2, 0.25) is 0 Å². The lowest BCUT2D eigenvalue weighted by molar-refractivity contribution is 0.636. The summed E-state index contributed by atoms with van der Waals surface area (Å²) in [6.45, 7) is 2.09. The second kappa shape index (κ2) is 4.87. The Hall–Kier alpha value is -1.52. The minimum Gasteiger partial charge on any atom is -0.224 e. The molecule has 2 aromatic heterocycles. The van der Waals surface area contributed by atoms with Crippen LogP contribution in [-0.2, 0) is 6.42 Å². The van der Waals surface area contributed by atoms with Gasteiger partial charge in [0.15, 0.2) is 5.82 Å². The molecule has 0 radical (unpaired) electrons. The van der Waals surface area contributed by atoms with Crippen LogP contribution in [0.25, 0.3) is 21.6 Å². The summed E-state index contributed by atoms with van der Waals surface area (Å²) in [5.41, 5.74) is 0.268. The fourth-order valence-electron chi connectivity index (χ4n) is 1.88. The number of hydrogen-bond acceptors (Lipinski definition) is 3. The molecule has 96 valence electrons. The zero-order chi connectivity index (χ0) is 13.4. The highest BCUT2D eigenvalue weighted by molar-refractivity contribution is 7.15. The van der Waals surface area contributed by atoms with Crippen LogP contribution >= 0.6 is 22.9 Å². The van der Waals surface area contributed by atoms with Crippen LogP contribution in [-0.4, -0.2) is 9.97 Å². The molecule has 0 unspecified atom stereocenters. The quantitative estimate of drug-likeness (QED) is 0.639. The van der Waals surface area contributed by atoms with Gasteiger partial charge in [-0.1, -0.05) is 24.6 Å². The van der Waals surface area contributed by atoms with Crippen molar-refractivity contribution in [1.82, 2.24) is 9.97 Å². The van der Waals surface area contributed by atoms with E-state index in [1.165, 1.54) is 10.9 Å². The lowest BCUT2D eigenvalue weighted by Gasteiger charge is -2.03. The molecule has 2 nitrogen and oxygen atoms in total. The normalized spacial score (nSPS) is 11.1. The number of aryl methyl sites for hydroxylation is 1. The molecule has 0 bridgehead atoms. The van der Waals surface area contributed by atoms with Crippen molar-refractivity contribution in [3.05, 3.63) is 46.2 Å². The molecule has 0 amide bonds. The summed E-state index contributed by atoms with van der Waals surface area (Å²) in [4.78, 5) is 10.7. The maximum Gasteiger partial charge on any atom is 0.171 e. The SMILES string of the molecule is CCc1ccc(-c2nc(Cl)c3cccc(F)c3n2)s1. The molecule has 0 atom stereocenters. The van der Waals surface area contributed by atoms with Crippen LogP contribution < -0.4 is 0 Å². The Morgan fingerprint density at radius 3 is 2.79 bits per heavy atom. The summed E-state index contributed by atoms with van der Waals surface area (Å²) in [6.07, 6.45) is 0.959. The van der Waals surface area contributed by atoms with E-state index in [4.69, 9.17) is 11.6 Å². The van der Waals surface area contributed by atoms with Crippen LogP contribution in [0.15, 0.2) is 30.3 Å². The molecule has 0 N–H and O–H groups in total. The van der Waals surface area contributed by atoms with Crippen LogP contribution in [0.4, 0.5) is 4.39 Å². The molecular formula is C14H10ClFN2S. The first-order chi connectivity index (χ1) is 9.19. The molecule has 0 saturated carbocycles. The molecule has 3 aromatic rings. The van der Waals surface area contributed by atoms with Crippen molar-refractivity contribution < 1.29 is 4.39 Å². The van der Waals surface area contributed by atoms with Gasteiger partial charge in [-0.2, -0.15) is 0 Å². The van der Waals surface area contributed by atoms with E-state index in [9.17, 15) is 4.39 Å². The van der Waals surface area contributed by atoms with Crippen LogP contribution in [0.2, 0.25) is 5.15 Å². The average Bonchev–Trinajstić information content (AvgIpc) is 2.88. The Morgan fingerprint density at radius 2 is 2.05 bits per heavy atom. The molecule has 5 heteroatoms. The third-order valence-corrected chi connectivity index (χ3v) is 4.37. The highest BCUT2D eigenvalue weighted by Gasteiger charge is 2.12. The monoisotopic (exact) mass is 292 g/mol. The highest BCUT2D eigenvalue weighted by Crippen LogP contribution is 2.30. The van der Waals surface area contributed by atoms with Crippen molar-refractivity contribution in [2.45, 2.75) is 13.3 Å². The predicted octanol–water partition coefficient (Wildman–Crippen LogP) is 4.71. The number of para-hydroxylation sites is 1. The topological polar surface area (TPSA) is 25.8 Å². The maximum absolute atomic E-state index is 13.8. The molecule has 3 rings (SSSR count). The molecule has 0 aliphatic rings. The first kappa shape index (κ1) is 12.5. The number of aromatic nitrogens is 2. The number of fused-ring (bicyclic) bond motifs is 1. The van der Waals surface area contributed by atoms with E-state index in [1.54, 1.807) is 23.5 Å². The first-order valence-corrected chi connectivity index (χ1v) is 7.09. The first-order valence-electron chi connectivity index (χ1n) is 5.90. The summed E-state index contributed by atoms with van der Waals surface area (Å²) in [7, 11) is 0. The van der Waals surface area contributed by atoms with Gasteiger partial charge in [0.25, 0.3) is 0 Å². The number of thiophene rings is 1. The van der Waals surface area contributed by atoms with Crippen LogP contribution in [0.5, 0.6) is 0 Å². The predicted molar refractivity (Wildman–Crippen MR) is 77.2 cm³/mol. The van der Waals surface area contributed by atoms with E-state index in [0.717, 1.165) is 11.3 Å². The Balaban J connectivity index is 2.22. The lowest BCUT2D eigenvalue weighted by atomic mass is 10.2. The van der Waals surface area contributed by atoms with Gasteiger partial charge in [0, 0.05) is 10.3 Å². The summed E-state index contributed by atoms with van der Waals surface area (Å²) in [5.74, 6) is 0.0996. The lowest BCUT2D eigenvalue weighted by Crippen LogP contribution is -1.92. The van der Waals surface area contributed by atoms with Gasteiger partial charge in [-0.25, -0.2) is 14.4 Å². The van der Waals surface area contributed by atoms with Gasteiger partial charge in [0.05, 0.1) is 4.88 Å². The minimum atomic E-state index is -0.379. The number of benzene rings is 1. The Morgan fingerprint density at radius 1 is 1.21 bits per heavy atom. The molecule has 0 saturated heterocycles. The molecule has 0 spiro atoms. The van der Waals surface area contributed by atoms with E-state index < -0.39 is 0 Å². The smallest absolute Gasteiger partial charge is 0.171 e. The van der Waals surface area contributed by atoms with Gasteiger partial charge in [-0.05, 0) is 30.7 Å². The summed E-state index contributed by atoms with van der Waals surface area (Å²) < 4.78 is 13.8. The Labute approximate surface area is 118 Å². The third kappa shape index (κ3) is 2.22. The van der Waals surface area contributed by atoms with Crippen LogP contribution in [0.3, 0.4) is 0 Å². The Bertz CT molecular complexity index is 754. The highest BCUT2D eigenvalue weighted by atomic mass is 35.5. The Kier molecular flexibility index (Phi) is 3.21. The third-order valence-electron chi connectivity index (χ3n) is 2.86. The van der Waals surface area contributed by atoms with E-state index >= 15 is 0 Å². The van der Waals surface area contributed by atoms with Crippen LogP contribution in [0, 0.1) is 5.82 Å². The van der Waals surface area contributed by atoms with Crippen molar-refractivity contribution >= 4 is 33.8 Å². The summed E-state index contributed by atoms with van der Waals surface area (Å²) in [5, 5.41) is 0.823. The van der Waals surface area contributed by atoms with E-state index in [0.29, 0.717) is 11.2 Å². The van der Waals surface area contributed by atoms with Crippen molar-refractivity contribution in [3.63, 3.8) is 0 Å². The van der Waals surface area contributed by atoms with Crippen LogP contribution in [0.1, 0.15) is 11.8 Å². The van der Waals surface area contributed by atoms with Gasteiger partial charge < -0.3 is 0 Å². The standard InChI is InChI=1S/C14H10ClFN2S/c1-2-8-6-7-11(19-8)14-17-12-9(13(15)18-14)4-3-5-10(12)16/h3-7H,2H2,1H3. The fraction of sp³-hybridized carbons (Fsp3) is 0.143. The van der Waals surface area contributed by atoms with E-state index in [-0.39, 0.29) is 16.5 Å². The fourth-order valence-corrected chi connectivity index (χ4v) is 2.99.